The van der Waals surface area contributed by atoms with Gasteiger partial charge in [0.2, 0.25) is 0 Å². The van der Waals surface area contributed by atoms with Crippen molar-refractivity contribution >= 4 is 28.4 Å². The number of carbonyl (C=O) groups excluding carboxylic acids is 1. The van der Waals surface area contributed by atoms with E-state index in [0.717, 1.165) is 33.9 Å². The fraction of sp³-hybridized carbons (Fsp3) is 0.174. The number of hydrogen-bond acceptors (Lipinski definition) is 4. The van der Waals surface area contributed by atoms with E-state index in [1.807, 2.05) is 74.4 Å². The third-order valence-electron chi connectivity index (χ3n) is 4.97. The number of imidazole rings is 1. The summed E-state index contributed by atoms with van der Waals surface area (Å²) in [5, 5.41) is 2.89. The van der Waals surface area contributed by atoms with Crippen LogP contribution in [0.3, 0.4) is 0 Å². The Labute approximate surface area is 169 Å². The van der Waals surface area contributed by atoms with E-state index >= 15 is 0 Å². The van der Waals surface area contributed by atoms with E-state index in [0.29, 0.717) is 12.1 Å². The first kappa shape index (κ1) is 18.7. The van der Waals surface area contributed by atoms with Crippen LogP contribution >= 0.6 is 0 Å². The van der Waals surface area contributed by atoms with Gasteiger partial charge < -0.3 is 14.8 Å². The standard InChI is InChI=1S/C23H23N5O/c1-16-8-11-18(12-9-16)25-23(29)17-10-13-21(24-14-17)27(2)15-22-26-19-6-4-5-7-20(19)28(22)3/h4-14H,15H2,1-3H3,(H,25,29). The van der Waals surface area contributed by atoms with Crippen LogP contribution in [0.4, 0.5) is 11.5 Å². The lowest BCUT2D eigenvalue weighted by Gasteiger charge is -2.18. The SMILES string of the molecule is Cc1ccc(NC(=O)c2ccc(N(C)Cc3nc4ccccc4n3C)nc2)cc1. The number of hydrogen-bond donors (Lipinski definition) is 1. The summed E-state index contributed by atoms with van der Waals surface area (Å²) in [6.45, 7) is 2.63. The number of para-hydroxylation sites is 2. The van der Waals surface area contributed by atoms with Crippen LogP contribution in [0.1, 0.15) is 21.7 Å². The Kier molecular flexibility index (Phi) is 4.99. The maximum absolute atomic E-state index is 12.4. The lowest BCUT2D eigenvalue weighted by molar-refractivity contribution is 0.102. The summed E-state index contributed by atoms with van der Waals surface area (Å²) in [4.78, 5) is 23.6. The zero-order valence-electron chi connectivity index (χ0n) is 16.8. The minimum absolute atomic E-state index is 0.175. The molecule has 0 atom stereocenters. The van der Waals surface area contributed by atoms with Gasteiger partial charge in [-0.05, 0) is 43.3 Å². The molecule has 146 valence electrons. The predicted octanol–water partition coefficient (Wildman–Crippen LogP) is 4.17. The van der Waals surface area contributed by atoms with Gasteiger partial charge in [-0.2, -0.15) is 0 Å². The lowest BCUT2D eigenvalue weighted by Crippen LogP contribution is -2.20. The molecule has 1 N–H and O–H groups in total. The fourth-order valence-corrected chi connectivity index (χ4v) is 3.22. The molecule has 2 heterocycles. The van der Waals surface area contributed by atoms with Crippen molar-refractivity contribution < 1.29 is 4.79 Å². The first-order chi connectivity index (χ1) is 14.0. The van der Waals surface area contributed by atoms with Crippen LogP contribution in [0.15, 0.2) is 66.9 Å². The second kappa shape index (κ2) is 7.75. The molecular weight excluding hydrogens is 362 g/mol. The van der Waals surface area contributed by atoms with Crippen molar-refractivity contribution in [1.29, 1.82) is 0 Å². The van der Waals surface area contributed by atoms with Gasteiger partial charge >= 0.3 is 0 Å². The maximum Gasteiger partial charge on any atom is 0.257 e. The number of nitrogens with one attached hydrogen (secondary N) is 1. The number of aromatic nitrogens is 3. The van der Waals surface area contributed by atoms with Crippen molar-refractivity contribution in [2.24, 2.45) is 7.05 Å². The summed E-state index contributed by atoms with van der Waals surface area (Å²) >= 11 is 0. The maximum atomic E-state index is 12.4. The van der Waals surface area contributed by atoms with Gasteiger partial charge in [0.25, 0.3) is 5.91 Å². The van der Waals surface area contributed by atoms with Crippen molar-refractivity contribution in [2.75, 3.05) is 17.3 Å². The Morgan fingerprint density at radius 1 is 1.07 bits per heavy atom. The number of pyridine rings is 1. The van der Waals surface area contributed by atoms with Gasteiger partial charge in [-0.1, -0.05) is 29.8 Å². The lowest BCUT2D eigenvalue weighted by atomic mass is 10.2. The highest BCUT2D eigenvalue weighted by atomic mass is 16.1. The Morgan fingerprint density at radius 3 is 2.52 bits per heavy atom. The molecule has 0 saturated heterocycles. The van der Waals surface area contributed by atoms with Crippen LogP contribution in [0.2, 0.25) is 0 Å². The van der Waals surface area contributed by atoms with E-state index in [1.165, 1.54) is 0 Å². The van der Waals surface area contributed by atoms with Gasteiger partial charge in [0, 0.05) is 26.0 Å². The van der Waals surface area contributed by atoms with Crippen molar-refractivity contribution in [3.63, 3.8) is 0 Å². The largest absolute Gasteiger partial charge is 0.352 e. The number of carbonyl (C=O) groups is 1. The molecule has 0 fully saturated rings. The average Bonchev–Trinajstić information content (AvgIpc) is 3.05. The van der Waals surface area contributed by atoms with Gasteiger partial charge in [-0.3, -0.25) is 4.79 Å². The van der Waals surface area contributed by atoms with Gasteiger partial charge in [-0.15, -0.1) is 0 Å². The summed E-state index contributed by atoms with van der Waals surface area (Å²) < 4.78 is 2.09. The molecule has 0 radical (unpaired) electrons. The van der Waals surface area contributed by atoms with Crippen molar-refractivity contribution in [1.82, 2.24) is 14.5 Å². The second-order valence-corrected chi connectivity index (χ2v) is 7.16. The minimum atomic E-state index is -0.175. The highest BCUT2D eigenvalue weighted by Gasteiger charge is 2.12. The van der Waals surface area contributed by atoms with E-state index in [2.05, 4.69) is 20.9 Å². The number of benzene rings is 2. The summed E-state index contributed by atoms with van der Waals surface area (Å²) in [5.41, 5.74) is 4.52. The zero-order valence-corrected chi connectivity index (χ0v) is 16.8. The Bertz CT molecular complexity index is 1150. The van der Waals surface area contributed by atoms with E-state index in [9.17, 15) is 4.79 Å². The molecule has 0 unspecified atom stereocenters. The quantitative estimate of drug-likeness (QED) is 0.560. The van der Waals surface area contributed by atoms with E-state index < -0.39 is 0 Å². The number of rotatable bonds is 5. The van der Waals surface area contributed by atoms with Crippen LogP contribution in [-0.4, -0.2) is 27.5 Å². The third-order valence-corrected chi connectivity index (χ3v) is 4.97. The first-order valence-corrected chi connectivity index (χ1v) is 9.47. The van der Waals surface area contributed by atoms with Crippen LogP contribution in [0.5, 0.6) is 0 Å². The Morgan fingerprint density at radius 2 is 1.83 bits per heavy atom. The summed E-state index contributed by atoms with van der Waals surface area (Å²) in [7, 11) is 3.98. The Hall–Kier alpha value is -3.67. The molecule has 1 amide bonds. The van der Waals surface area contributed by atoms with Crippen molar-refractivity contribution in [3.8, 4) is 0 Å². The van der Waals surface area contributed by atoms with Gasteiger partial charge in [0.05, 0.1) is 23.1 Å². The van der Waals surface area contributed by atoms with Crippen LogP contribution in [0.25, 0.3) is 11.0 Å². The second-order valence-electron chi connectivity index (χ2n) is 7.16. The minimum Gasteiger partial charge on any atom is -0.352 e. The molecular formula is C23H23N5O. The number of nitrogens with zero attached hydrogens (tertiary/aromatic N) is 4. The van der Waals surface area contributed by atoms with E-state index in [1.54, 1.807) is 12.3 Å². The molecule has 6 nitrogen and oxygen atoms in total. The molecule has 0 saturated carbocycles. The summed E-state index contributed by atoms with van der Waals surface area (Å²) in [6.07, 6.45) is 1.60. The van der Waals surface area contributed by atoms with Crippen molar-refractivity contribution in [2.45, 2.75) is 13.5 Å². The average molecular weight is 385 g/mol. The molecule has 2 aromatic heterocycles. The molecule has 2 aromatic carbocycles. The van der Waals surface area contributed by atoms with Gasteiger partial charge in [0.1, 0.15) is 11.6 Å². The highest BCUT2D eigenvalue weighted by molar-refractivity contribution is 6.04. The zero-order chi connectivity index (χ0) is 20.4. The van der Waals surface area contributed by atoms with Gasteiger partial charge in [0.15, 0.2) is 0 Å². The van der Waals surface area contributed by atoms with Gasteiger partial charge in [-0.25, -0.2) is 9.97 Å². The highest BCUT2D eigenvalue weighted by Crippen LogP contribution is 2.18. The van der Waals surface area contributed by atoms with Crippen LogP contribution < -0.4 is 10.2 Å². The number of fused-ring (bicyclic) bond motifs is 1. The molecule has 0 bridgehead atoms. The number of aryl methyl sites for hydroxylation is 2. The molecule has 0 aliphatic carbocycles. The summed E-state index contributed by atoms with van der Waals surface area (Å²) in [5.74, 6) is 1.56. The molecule has 29 heavy (non-hydrogen) atoms. The van der Waals surface area contributed by atoms with Crippen molar-refractivity contribution in [3.05, 3.63) is 83.8 Å². The molecule has 4 rings (SSSR count). The molecule has 0 aliphatic rings. The Balaban J connectivity index is 1.45. The van der Waals surface area contributed by atoms with Crippen LogP contribution in [0, 0.1) is 6.92 Å². The molecule has 0 spiro atoms. The smallest absolute Gasteiger partial charge is 0.257 e. The summed E-state index contributed by atoms with van der Waals surface area (Å²) in [6, 6.07) is 19.4. The third kappa shape index (κ3) is 3.96. The number of anilines is 2. The van der Waals surface area contributed by atoms with E-state index in [-0.39, 0.29) is 5.91 Å². The van der Waals surface area contributed by atoms with E-state index in [4.69, 9.17) is 4.98 Å². The first-order valence-electron chi connectivity index (χ1n) is 9.47. The number of amides is 1. The van der Waals surface area contributed by atoms with Crippen LogP contribution in [-0.2, 0) is 13.6 Å². The molecule has 6 heteroatoms. The fourth-order valence-electron chi connectivity index (χ4n) is 3.22. The topological polar surface area (TPSA) is 63.1 Å². The normalized spacial score (nSPS) is 10.9. The molecule has 4 aromatic rings. The molecule has 0 aliphatic heterocycles. The monoisotopic (exact) mass is 385 g/mol. The predicted molar refractivity (Wildman–Crippen MR) is 116 cm³/mol.